The second-order valence-electron chi connectivity index (χ2n) is 4.39. The predicted octanol–water partition coefficient (Wildman–Crippen LogP) is 2.92. The zero-order valence-electron chi connectivity index (χ0n) is 9.62. The molecule has 0 aliphatic heterocycles. The van der Waals surface area contributed by atoms with Crippen LogP contribution in [0.25, 0.3) is 0 Å². The van der Waals surface area contributed by atoms with Gasteiger partial charge in [0, 0.05) is 11.1 Å². The van der Waals surface area contributed by atoms with E-state index in [9.17, 15) is 4.39 Å². The first kappa shape index (κ1) is 12.5. The van der Waals surface area contributed by atoms with Gasteiger partial charge in [-0.15, -0.1) is 0 Å². The summed E-state index contributed by atoms with van der Waals surface area (Å²) in [5.41, 5.74) is 6.74. The molecular weight excluding hydrogens is 237 g/mol. The molecule has 1 aliphatic carbocycles. The Morgan fingerprint density at radius 3 is 2.76 bits per heavy atom. The highest BCUT2D eigenvalue weighted by Crippen LogP contribution is 2.22. The minimum Gasteiger partial charge on any atom is -0.389 e. The fraction of sp³-hybridized carbons (Fsp3) is 0.462. The lowest BCUT2D eigenvalue weighted by Gasteiger charge is -2.12. The maximum atomic E-state index is 13.5. The van der Waals surface area contributed by atoms with Crippen molar-refractivity contribution in [3.8, 4) is 0 Å². The van der Waals surface area contributed by atoms with Crippen molar-refractivity contribution in [1.82, 2.24) is 0 Å². The van der Waals surface area contributed by atoms with Gasteiger partial charge in [0.05, 0.1) is 12.7 Å². The molecule has 2 nitrogen and oxygen atoms in total. The van der Waals surface area contributed by atoms with Crippen LogP contribution in [0.2, 0.25) is 0 Å². The van der Waals surface area contributed by atoms with Gasteiger partial charge in [-0.2, -0.15) is 0 Å². The van der Waals surface area contributed by atoms with E-state index in [0.29, 0.717) is 17.7 Å². The summed E-state index contributed by atoms with van der Waals surface area (Å²) >= 11 is 4.87. The van der Waals surface area contributed by atoms with Crippen LogP contribution in [-0.4, -0.2) is 11.1 Å². The van der Waals surface area contributed by atoms with E-state index in [1.54, 1.807) is 12.1 Å². The Balaban J connectivity index is 2.03. The molecule has 0 unspecified atom stereocenters. The monoisotopic (exact) mass is 253 g/mol. The molecule has 1 fully saturated rings. The predicted molar refractivity (Wildman–Crippen MR) is 69.3 cm³/mol. The van der Waals surface area contributed by atoms with Crippen molar-refractivity contribution in [2.45, 2.75) is 38.4 Å². The zero-order valence-corrected chi connectivity index (χ0v) is 10.4. The van der Waals surface area contributed by atoms with E-state index < -0.39 is 0 Å². The Morgan fingerprint density at radius 2 is 2.12 bits per heavy atom. The minimum atomic E-state index is -0.261. The molecule has 0 amide bonds. The number of thiocarbonyl (C=S) groups is 1. The number of nitrogens with two attached hydrogens (primary N) is 1. The van der Waals surface area contributed by atoms with Crippen LogP contribution >= 0.6 is 12.2 Å². The summed E-state index contributed by atoms with van der Waals surface area (Å²) in [4.78, 5) is 0.284. The van der Waals surface area contributed by atoms with E-state index in [0.717, 1.165) is 12.8 Å². The van der Waals surface area contributed by atoms with Crippen molar-refractivity contribution in [3.05, 3.63) is 35.1 Å². The molecule has 0 radical (unpaired) electrons. The number of benzene rings is 1. The van der Waals surface area contributed by atoms with Gasteiger partial charge < -0.3 is 10.5 Å². The van der Waals surface area contributed by atoms with E-state index >= 15 is 0 Å². The number of hydrogen-bond acceptors (Lipinski definition) is 2. The van der Waals surface area contributed by atoms with Crippen LogP contribution in [0.3, 0.4) is 0 Å². The molecule has 4 heteroatoms. The third-order valence-corrected chi connectivity index (χ3v) is 3.34. The maximum Gasteiger partial charge on any atom is 0.128 e. The maximum absolute atomic E-state index is 13.5. The van der Waals surface area contributed by atoms with Gasteiger partial charge in [0.25, 0.3) is 0 Å². The van der Waals surface area contributed by atoms with Crippen LogP contribution in [0.5, 0.6) is 0 Å². The Hall–Kier alpha value is -1.00. The van der Waals surface area contributed by atoms with E-state index in [1.165, 1.54) is 18.9 Å². The number of halogens is 1. The van der Waals surface area contributed by atoms with E-state index in [2.05, 4.69) is 0 Å². The summed E-state index contributed by atoms with van der Waals surface area (Å²) in [5.74, 6) is -0.261. The van der Waals surface area contributed by atoms with E-state index in [-0.39, 0.29) is 16.9 Å². The molecule has 0 heterocycles. The zero-order chi connectivity index (χ0) is 12.3. The molecule has 0 spiro atoms. The van der Waals surface area contributed by atoms with Gasteiger partial charge >= 0.3 is 0 Å². The SMILES string of the molecule is NC(=S)c1ccc(F)c(COC2CCCC2)c1. The number of hydrogen-bond donors (Lipinski definition) is 1. The van der Waals surface area contributed by atoms with Gasteiger partial charge in [-0.25, -0.2) is 4.39 Å². The van der Waals surface area contributed by atoms with E-state index in [4.69, 9.17) is 22.7 Å². The highest BCUT2D eigenvalue weighted by atomic mass is 32.1. The van der Waals surface area contributed by atoms with Gasteiger partial charge in [0.2, 0.25) is 0 Å². The molecule has 0 bridgehead atoms. The van der Waals surface area contributed by atoms with Gasteiger partial charge in [0.1, 0.15) is 10.8 Å². The quantitative estimate of drug-likeness (QED) is 0.838. The summed E-state index contributed by atoms with van der Waals surface area (Å²) in [6, 6.07) is 4.66. The molecule has 2 N–H and O–H groups in total. The van der Waals surface area contributed by atoms with Gasteiger partial charge in [0.15, 0.2) is 0 Å². The first-order valence-corrected chi connectivity index (χ1v) is 6.27. The van der Waals surface area contributed by atoms with Gasteiger partial charge in [-0.3, -0.25) is 0 Å². The Morgan fingerprint density at radius 1 is 1.41 bits per heavy atom. The van der Waals surface area contributed by atoms with Crippen LogP contribution in [-0.2, 0) is 11.3 Å². The van der Waals surface area contributed by atoms with Crippen molar-refractivity contribution >= 4 is 17.2 Å². The Kier molecular flexibility index (Phi) is 4.07. The minimum absolute atomic E-state index is 0.261. The molecule has 17 heavy (non-hydrogen) atoms. The number of rotatable bonds is 4. The normalized spacial score (nSPS) is 16.3. The first-order chi connectivity index (χ1) is 8.16. The van der Waals surface area contributed by atoms with Gasteiger partial charge in [-0.1, -0.05) is 25.1 Å². The fourth-order valence-electron chi connectivity index (χ4n) is 2.10. The van der Waals surface area contributed by atoms with E-state index in [1.807, 2.05) is 0 Å². The molecule has 0 atom stereocenters. The summed E-state index contributed by atoms with van der Waals surface area (Å²) < 4.78 is 19.2. The summed E-state index contributed by atoms with van der Waals surface area (Å²) in [6.07, 6.45) is 4.86. The third kappa shape index (κ3) is 3.23. The second-order valence-corrected chi connectivity index (χ2v) is 4.83. The molecule has 2 rings (SSSR count). The molecule has 0 saturated heterocycles. The van der Waals surface area contributed by atoms with Crippen molar-refractivity contribution in [2.24, 2.45) is 5.73 Å². The van der Waals surface area contributed by atoms with Crippen LogP contribution in [0.4, 0.5) is 4.39 Å². The summed E-state index contributed by atoms with van der Waals surface area (Å²) in [5, 5.41) is 0. The smallest absolute Gasteiger partial charge is 0.128 e. The number of ether oxygens (including phenoxy) is 1. The molecular formula is C13H16FNOS. The van der Waals surface area contributed by atoms with Gasteiger partial charge in [-0.05, 0) is 31.0 Å². The average Bonchev–Trinajstić information content (AvgIpc) is 2.80. The Labute approximate surface area is 106 Å². The lowest BCUT2D eigenvalue weighted by atomic mass is 10.1. The van der Waals surface area contributed by atoms with Crippen molar-refractivity contribution in [3.63, 3.8) is 0 Å². The van der Waals surface area contributed by atoms with Crippen LogP contribution in [0, 0.1) is 5.82 Å². The van der Waals surface area contributed by atoms with Crippen molar-refractivity contribution < 1.29 is 9.13 Å². The molecule has 92 valence electrons. The molecule has 1 saturated carbocycles. The van der Waals surface area contributed by atoms with Crippen molar-refractivity contribution in [2.75, 3.05) is 0 Å². The largest absolute Gasteiger partial charge is 0.389 e. The topological polar surface area (TPSA) is 35.2 Å². The lowest BCUT2D eigenvalue weighted by molar-refractivity contribution is 0.0441. The lowest BCUT2D eigenvalue weighted by Crippen LogP contribution is -2.12. The van der Waals surface area contributed by atoms with Crippen LogP contribution in [0.15, 0.2) is 18.2 Å². The molecule has 1 aliphatic rings. The first-order valence-electron chi connectivity index (χ1n) is 5.86. The van der Waals surface area contributed by atoms with Crippen LogP contribution in [0.1, 0.15) is 36.8 Å². The molecule has 1 aromatic rings. The summed E-state index contributed by atoms with van der Waals surface area (Å²) in [7, 11) is 0. The Bertz CT molecular complexity index is 416. The highest BCUT2D eigenvalue weighted by Gasteiger charge is 2.16. The second kappa shape index (κ2) is 5.56. The molecule has 1 aromatic carbocycles. The van der Waals surface area contributed by atoms with Crippen LogP contribution < -0.4 is 5.73 Å². The standard InChI is InChI=1S/C13H16FNOS/c14-12-6-5-9(13(15)17)7-10(12)8-16-11-3-1-2-4-11/h5-7,11H,1-4,8H2,(H2,15,17). The average molecular weight is 253 g/mol. The summed E-state index contributed by atoms with van der Waals surface area (Å²) in [6.45, 7) is 0.299. The highest BCUT2D eigenvalue weighted by molar-refractivity contribution is 7.80. The third-order valence-electron chi connectivity index (χ3n) is 3.11. The fourth-order valence-corrected chi connectivity index (χ4v) is 2.23. The van der Waals surface area contributed by atoms with Crippen molar-refractivity contribution in [1.29, 1.82) is 0 Å². The molecule has 0 aromatic heterocycles.